The monoisotopic (exact) mass is 253 g/mol. The first kappa shape index (κ1) is 14.0. The van der Waals surface area contributed by atoms with Crippen molar-refractivity contribution in [1.82, 2.24) is 5.32 Å². The first-order valence-corrected chi connectivity index (χ1v) is 5.35. The van der Waals surface area contributed by atoms with Crippen molar-refractivity contribution in [3.05, 3.63) is 35.9 Å². The lowest BCUT2D eigenvalue weighted by molar-refractivity contribution is 0.0260. The topological polar surface area (TPSA) is 84.9 Å². The average molecular weight is 253 g/mol. The number of carbonyl (C=O) groups excluding carboxylic acids is 2. The highest BCUT2D eigenvalue weighted by Crippen LogP contribution is 2.01. The molecule has 0 aliphatic carbocycles. The maximum absolute atomic E-state index is 11.5. The Morgan fingerprint density at radius 3 is 2.61 bits per heavy atom. The van der Waals surface area contributed by atoms with Crippen LogP contribution in [-0.4, -0.2) is 43.5 Å². The van der Waals surface area contributed by atoms with Gasteiger partial charge >= 0.3 is 12.1 Å². The number of benzene rings is 1. The molecule has 0 saturated heterocycles. The molecule has 1 amide bonds. The Morgan fingerprint density at radius 1 is 1.33 bits per heavy atom. The normalized spacial score (nSPS) is 11.4. The molecule has 0 aliphatic heterocycles. The molecule has 0 heterocycles. The van der Waals surface area contributed by atoms with Gasteiger partial charge in [-0.15, -0.1) is 0 Å². The smallest absolute Gasteiger partial charge is 0.406 e. The van der Waals surface area contributed by atoms with Crippen LogP contribution in [0.15, 0.2) is 30.3 Å². The summed E-state index contributed by atoms with van der Waals surface area (Å²) in [4.78, 5) is 22.2. The number of esters is 1. The fraction of sp³-hybridized carbons (Fsp3) is 0.333. The number of aliphatic hydroxyl groups excluding tert-OH is 1. The summed E-state index contributed by atoms with van der Waals surface area (Å²) in [5, 5.41) is 11.7. The number of methoxy groups -OCH3 is 1. The third-order valence-corrected chi connectivity index (χ3v) is 2.08. The number of carbonyl (C=O) groups is 2. The van der Waals surface area contributed by atoms with E-state index in [-0.39, 0.29) is 13.2 Å². The Balaban J connectivity index is 2.28. The molecule has 2 N–H and O–H groups in total. The van der Waals surface area contributed by atoms with Crippen molar-refractivity contribution in [3.63, 3.8) is 0 Å². The van der Waals surface area contributed by atoms with Crippen molar-refractivity contribution in [2.45, 2.75) is 6.10 Å². The van der Waals surface area contributed by atoms with Crippen molar-refractivity contribution in [1.29, 1.82) is 0 Å². The van der Waals surface area contributed by atoms with Crippen molar-refractivity contribution < 1.29 is 24.2 Å². The van der Waals surface area contributed by atoms with Crippen LogP contribution < -0.4 is 5.32 Å². The molecule has 1 unspecified atom stereocenters. The van der Waals surface area contributed by atoms with Gasteiger partial charge in [0.1, 0.15) is 12.7 Å². The molecular formula is C12H15NO5. The van der Waals surface area contributed by atoms with Crippen LogP contribution in [0, 0.1) is 0 Å². The van der Waals surface area contributed by atoms with Crippen LogP contribution in [-0.2, 0) is 9.47 Å². The SMILES string of the molecule is COC(=O)NCC(O)COC(=O)c1ccccc1. The average Bonchev–Trinajstić information content (AvgIpc) is 2.42. The zero-order valence-corrected chi connectivity index (χ0v) is 9.96. The van der Waals surface area contributed by atoms with E-state index in [0.29, 0.717) is 5.56 Å². The summed E-state index contributed by atoms with van der Waals surface area (Å²) in [6, 6.07) is 8.44. The van der Waals surface area contributed by atoms with E-state index < -0.39 is 18.2 Å². The molecule has 0 fully saturated rings. The quantitative estimate of drug-likeness (QED) is 0.749. The molecule has 0 aliphatic rings. The van der Waals surface area contributed by atoms with Crippen molar-refractivity contribution in [3.8, 4) is 0 Å². The molecule has 1 rings (SSSR count). The molecular weight excluding hydrogens is 238 g/mol. The molecule has 1 aromatic rings. The van der Waals surface area contributed by atoms with Crippen LogP contribution in [0.3, 0.4) is 0 Å². The lowest BCUT2D eigenvalue weighted by Crippen LogP contribution is -2.34. The second-order valence-corrected chi connectivity index (χ2v) is 3.49. The van der Waals surface area contributed by atoms with Gasteiger partial charge in [-0.05, 0) is 12.1 Å². The number of aliphatic hydroxyl groups is 1. The fourth-order valence-corrected chi connectivity index (χ4v) is 1.16. The lowest BCUT2D eigenvalue weighted by Gasteiger charge is -2.11. The van der Waals surface area contributed by atoms with E-state index in [4.69, 9.17) is 4.74 Å². The van der Waals surface area contributed by atoms with E-state index in [1.807, 2.05) is 0 Å². The maximum Gasteiger partial charge on any atom is 0.406 e. The first-order chi connectivity index (χ1) is 8.63. The summed E-state index contributed by atoms with van der Waals surface area (Å²) >= 11 is 0. The number of nitrogens with one attached hydrogen (secondary N) is 1. The summed E-state index contributed by atoms with van der Waals surface area (Å²) in [6.07, 6.45) is -1.62. The van der Waals surface area contributed by atoms with Gasteiger partial charge in [0.05, 0.1) is 19.2 Å². The molecule has 98 valence electrons. The summed E-state index contributed by atoms with van der Waals surface area (Å²) in [7, 11) is 1.22. The minimum Gasteiger partial charge on any atom is -0.459 e. The maximum atomic E-state index is 11.5. The second kappa shape index (κ2) is 7.29. The van der Waals surface area contributed by atoms with Gasteiger partial charge in [-0.25, -0.2) is 9.59 Å². The summed E-state index contributed by atoms with van der Waals surface area (Å²) in [6.45, 7) is -0.244. The second-order valence-electron chi connectivity index (χ2n) is 3.49. The third kappa shape index (κ3) is 4.84. The summed E-state index contributed by atoms with van der Waals surface area (Å²) < 4.78 is 9.20. The summed E-state index contributed by atoms with van der Waals surface area (Å²) in [5.41, 5.74) is 0.408. The number of hydrogen-bond acceptors (Lipinski definition) is 5. The van der Waals surface area contributed by atoms with Gasteiger partial charge in [0, 0.05) is 0 Å². The first-order valence-electron chi connectivity index (χ1n) is 5.35. The zero-order chi connectivity index (χ0) is 13.4. The highest BCUT2D eigenvalue weighted by atomic mass is 16.5. The molecule has 18 heavy (non-hydrogen) atoms. The van der Waals surface area contributed by atoms with Gasteiger partial charge < -0.3 is 19.9 Å². The third-order valence-electron chi connectivity index (χ3n) is 2.08. The highest BCUT2D eigenvalue weighted by molar-refractivity contribution is 5.89. The van der Waals surface area contributed by atoms with Crippen molar-refractivity contribution in [2.24, 2.45) is 0 Å². The zero-order valence-electron chi connectivity index (χ0n) is 9.96. The van der Waals surface area contributed by atoms with Crippen LogP contribution in [0.1, 0.15) is 10.4 Å². The van der Waals surface area contributed by atoms with Crippen LogP contribution in [0.4, 0.5) is 4.79 Å². The number of ether oxygens (including phenoxy) is 2. The predicted molar refractivity (Wildman–Crippen MR) is 63.1 cm³/mol. The highest BCUT2D eigenvalue weighted by Gasteiger charge is 2.11. The number of hydrogen-bond donors (Lipinski definition) is 2. The molecule has 0 radical (unpaired) electrons. The molecule has 6 nitrogen and oxygen atoms in total. The Labute approximate surface area is 105 Å². The molecule has 0 saturated carbocycles. The van der Waals surface area contributed by atoms with Crippen LogP contribution in [0.2, 0.25) is 0 Å². The molecule has 1 aromatic carbocycles. The fourth-order valence-electron chi connectivity index (χ4n) is 1.16. The largest absolute Gasteiger partial charge is 0.459 e. The predicted octanol–water partition coefficient (Wildman–Crippen LogP) is 0.560. The van der Waals surface area contributed by atoms with Gasteiger partial charge in [0.25, 0.3) is 0 Å². The van der Waals surface area contributed by atoms with E-state index in [1.54, 1.807) is 30.3 Å². The molecule has 0 spiro atoms. The Morgan fingerprint density at radius 2 is 2.00 bits per heavy atom. The van der Waals surface area contributed by atoms with Crippen LogP contribution in [0.25, 0.3) is 0 Å². The van der Waals surface area contributed by atoms with E-state index in [9.17, 15) is 14.7 Å². The minimum atomic E-state index is -0.975. The van der Waals surface area contributed by atoms with Crippen molar-refractivity contribution >= 4 is 12.1 Å². The van der Waals surface area contributed by atoms with Crippen LogP contribution in [0.5, 0.6) is 0 Å². The minimum absolute atomic E-state index is 0.0469. The number of amides is 1. The van der Waals surface area contributed by atoms with E-state index in [1.165, 1.54) is 7.11 Å². The van der Waals surface area contributed by atoms with Crippen LogP contribution >= 0.6 is 0 Å². The molecule has 0 aromatic heterocycles. The van der Waals surface area contributed by atoms with Gasteiger partial charge in [-0.3, -0.25) is 0 Å². The van der Waals surface area contributed by atoms with E-state index in [2.05, 4.69) is 10.1 Å². The summed E-state index contributed by atoms with van der Waals surface area (Å²) in [5.74, 6) is -0.521. The number of alkyl carbamates (subject to hydrolysis) is 1. The molecule has 6 heteroatoms. The van der Waals surface area contributed by atoms with E-state index in [0.717, 1.165) is 0 Å². The Hall–Kier alpha value is -2.08. The van der Waals surface area contributed by atoms with Gasteiger partial charge in [0.15, 0.2) is 0 Å². The lowest BCUT2D eigenvalue weighted by atomic mass is 10.2. The molecule has 1 atom stereocenters. The Kier molecular flexibility index (Phi) is 5.66. The van der Waals surface area contributed by atoms with Gasteiger partial charge in [-0.2, -0.15) is 0 Å². The van der Waals surface area contributed by atoms with Crippen molar-refractivity contribution in [2.75, 3.05) is 20.3 Å². The van der Waals surface area contributed by atoms with E-state index >= 15 is 0 Å². The Bertz CT molecular complexity index is 393. The number of rotatable bonds is 5. The van der Waals surface area contributed by atoms with Gasteiger partial charge in [0.2, 0.25) is 0 Å². The standard InChI is InChI=1S/C12H15NO5/c1-17-12(16)13-7-10(14)8-18-11(15)9-5-3-2-4-6-9/h2-6,10,14H,7-8H2,1H3,(H,13,16). The van der Waals surface area contributed by atoms with Gasteiger partial charge in [-0.1, -0.05) is 18.2 Å². The molecule has 0 bridgehead atoms.